The molecule has 7 heteroatoms. The third-order valence-corrected chi connectivity index (χ3v) is 2.28. The molecule has 0 aromatic carbocycles. The molecule has 0 aliphatic carbocycles. The van der Waals surface area contributed by atoms with E-state index in [0.29, 0.717) is 39.3 Å². The van der Waals surface area contributed by atoms with Crippen molar-refractivity contribution in [2.45, 2.75) is 19.8 Å². The van der Waals surface area contributed by atoms with Gasteiger partial charge in [-0.3, -0.25) is 4.79 Å². The molecule has 0 bridgehead atoms. The minimum Gasteiger partial charge on any atom is -0.480 e. The number of hydrogen-bond acceptors (Lipinski definition) is 4. The fourth-order valence-electron chi connectivity index (χ4n) is 1.41. The predicted molar refractivity (Wildman–Crippen MR) is 70.2 cm³/mol. The number of nitrogens with one attached hydrogen (secondary N) is 1. The molecule has 0 aliphatic heterocycles. The molecule has 0 aromatic heterocycles. The lowest BCUT2D eigenvalue weighted by Crippen LogP contribution is -2.43. The van der Waals surface area contributed by atoms with Gasteiger partial charge in [0.25, 0.3) is 0 Å². The summed E-state index contributed by atoms with van der Waals surface area (Å²) in [5.74, 6) is -1.01. The van der Waals surface area contributed by atoms with E-state index in [1.54, 1.807) is 7.11 Å². The number of carboxylic acids is 1. The summed E-state index contributed by atoms with van der Waals surface area (Å²) in [4.78, 5) is 23.6. The number of carbonyl (C=O) groups excluding carboxylic acids is 1. The standard InChI is InChI=1S/C12H24N2O5/c1-3-6-14(10-11(15)16)12(17)13-5-4-7-19-9-8-18-2/h3-10H2,1-2H3,(H,13,17)(H,15,16). The monoisotopic (exact) mass is 276 g/mol. The highest BCUT2D eigenvalue weighted by atomic mass is 16.5. The van der Waals surface area contributed by atoms with Crippen LogP contribution in [0.3, 0.4) is 0 Å². The molecule has 0 aromatic rings. The van der Waals surface area contributed by atoms with Gasteiger partial charge in [-0.1, -0.05) is 6.92 Å². The van der Waals surface area contributed by atoms with Gasteiger partial charge in [-0.15, -0.1) is 0 Å². The van der Waals surface area contributed by atoms with Crippen LogP contribution in [0.25, 0.3) is 0 Å². The average molecular weight is 276 g/mol. The number of nitrogens with zero attached hydrogens (tertiary/aromatic N) is 1. The molecule has 0 aliphatic rings. The van der Waals surface area contributed by atoms with Crippen LogP contribution in [0, 0.1) is 0 Å². The van der Waals surface area contributed by atoms with E-state index in [1.165, 1.54) is 4.90 Å². The van der Waals surface area contributed by atoms with Gasteiger partial charge >= 0.3 is 12.0 Å². The molecule has 0 heterocycles. The SMILES string of the molecule is CCCN(CC(=O)O)C(=O)NCCCOCCOC. The summed E-state index contributed by atoms with van der Waals surface area (Å²) in [6.45, 7) is 4.14. The first-order valence-corrected chi connectivity index (χ1v) is 6.43. The zero-order valence-corrected chi connectivity index (χ0v) is 11.7. The number of aliphatic carboxylic acids is 1. The second kappa shape index (κ2) is 11.7. The first kappa shape index (κ1) is 17.7. The van der Waals surface area contributed by atoms with E-state index < -0.39 is 5.97 Å². The van der Waals surface area contributed by atoms with Crippen LogP contribution in [-0.2, 0) is 14.3 Å². The number of rotatable bonds is 11. The summed E-state index contributed by atoms with van der Waals surface area (Å²) < 4.78 is 10.1. The molecule has 0 radical (unpaired) electrons. The van der Waals surface area contributed by atoms with E-state index in [2.05, 4.69) is 5.32 Å². The van der Waals surface area contributed by atoms with Crippen molar-refractivity contribution < 1.29 is 24.2 Å². The van der Waals surface area contributed by atoms with Crippen molar-refractivity contribution in [2.24, 2.45) is 0 Å². The maximum absolute atomic E-state index is 11.7. The van der Waals surface area contributed by atoms with Crippen molar-refractivity contribution in [1.29, 1.82) is 0 Å². The van der Waals surface area contributed by atoms with Gasteiger partial charge in [0.2, 0.25) is 0 Å². The Bertz CT molecular complexity index is 261. The van der Waals surface area contributed by atoms with Crippen molar-refractivity contribution in [2.75, 3.05) is 46.6 Å². The number of carbonyl (C=O) groups is 2. The second-order valence-corrected chi connectivity index (χ2v) is 4.01. The Labute approximate surface area is 113 Å². The Morgan fingerprint density at radius 2 is 2.00 bits per heavy atom. The lowest BCUT2D eigenvalue weighted by atomic mass is 10.4. The van der Waals surface area contributed by atoms with Crippen LogP contribution in [-0.4, -0.2) is 68.6 Å². The smallest absolute Gasteiger partial charge is 0.323 e. The molecule has 0 spiro atoms. The topological polar surface area (TPSA) is 88.1 Å². The van der Waals surface area contributed by atoms with Crippen LogP contribution in [0.2, 0.25) is 0 Å². The fourth-order valence-corrected chi connectivity index (χ4v) is 1.41. The molecule has 0 unspecified atom stereocenters. The van der Waals surface area contributed by atoms with Crippen LogP contribution in [0.1, 0.15) is 19.8 Å². The van der Waals surface area contributed by atoms with Crippen LogP contribution >= 0.6 is 0 Å². The maximum atomic E-state index is 11.7. The van der Waals surface area contributed by atoms with Gasteiger partial charge in [-0.05, 0) is 12.8 Å². The second-order valence-electron chi connectivity index (χ2n) is 4.01. The molecule has 7 nitrogen and oxygen atoms in total. The van der Waals surface area contributed by atoms with Crippen molar-refractivity contribution in [3.05, 3.63) is 0 Å². The Hall–Kier alpha value is -1.34. The largest absolute Gasteiger partial charge is 0.480 e. The van der Waals surface area contributed by atoms with Crippen LogP contribution in [0.5, 0.6) is 0 Å². The van der Waals surface area contributed by atoms with E-state index in [-0.39, 0.29) is 12.6 Å². The van der Waals surface area contributed by atoms with E-state index in [9.17, 15) is 9.59 Å². The number of ether oxygens (including phenoxy) is 2. The van der Waals surface area contributed by atoms with Gasteiger partial charge < -0.3 is 24.8 Å². The number of methoxy groups -OCH3 is 1. The summed E-state index contributed by atoms with van der Waals surface area (Å²) in [6.07, 6.45) is 1.41. The Kier molecular flexibility index (Phi) is 10.9. The Morgan fingerprint density at radius 1 is 1.26 bits per heavy atom. The fraction of sp³-hybridized carbons (Fsp3) is 0.833. The molecule has 112 valence electrons. The van der Waals surface area contributed by atoms with E-state index in [0.717, 1.165) is 6.42 Å². The maximum Gasteiger partial charge on any atom is 0.323 e. The minimum absolute atomic E-state index is 0.274. The van der Waals surface area contributed by atoms with Crippen LogP contribution in [0.4, 0.5) is 4.79 Å². The number of carboxylic acid groups (broad SMARTS) is 1. The van der Waals surface area contributed by atoms with E-state index in [1.807, 2.05) is 6.92 Å². The molecule has 2 N–H and O–H groups in total. The van der Waals surface area contributed by atoms with Crippen molar-refractivity contribution in [3.8, 4) is 0 Å². The summed E-state index contributed by atoms with van der Waals surface area (Å²) in [6, 6.07) is -0.346. The molecule has 0 saturated carbocycles. The quantitative estimate of drug-likeness (QED) is 0.538. The lowest BCUT2D eigenvalue weighted by molar-refractivity contribution is -0.137. The molecule has 0 fully saturated rings. The highest BCUT2D eigenvalue weighted by Crippen LogP contribution is 1.93. The lowest BCUT2D eigenvalue weighted by Gasteiger charge is -2.20. The normalized spacial score (nSPS) is 10.2. The molecule has 0 atom stereocenters. The minimum atomic E-state index is -1.01. The van der Waals surface area contributed by atoms with Gasteiger partial charge in [0.1, 0.15) is 6.54 Å². The molecule has 0 saturated heterocycles. The van der Waals surface area contributed by atoms with Gasteiger partial charge in [0.05, 0.1) is 13.2 Å². The van der Waals surface area contributed by atoms with Crippen molar-refractivity contribution in [1.82, 2.24) is 10.2 Å². The zero-order chi connectivity index (χ0) is 14.5. The highest BCUT2D eigenvalue weighted by molar-refractivity contribution is 5.80. The summed E-state index contributed by atoms with van der Waals surface area (Å²) in [5.41, 5.74) is 0. The van der Waals surface area contributed by atoms with Gasteiger partial charge in [0.15, 0.2) is 0 Å². The third kappa shape index (κ3) is 10.3. The third-order valence-electron chi connectivity index (χ3n) is 2.28. The van der Waals surface area contributed by atoms with Crippen molar-refractivity contribution in [3.63, 3.8) is 0 Å². The summed E-state index contributed by atoms with van der Waals surface area (Å²) >= 11 is 0. The van der Waals surface area contributed by atoms with Gasteiger partial charge in [0, 0.05) is 26.8 Å². The Balaban J connectivity index is 3.71. The highest BCUT2D eigenvalue weighted by Gasteiger charge is 2.14. The summed E-state index contributed by atoms with van der Waals surface area (Å²) in [7, 11) is 1.61. The average Bonchev–Trinajstić information content (AvgIpc) is 2.36. The molecular weight excluding hydrogens is 252 g/mol. The zero-order valence-electron chi connectivity index (χ0n) is 11.7. The van der Waals surface area contributed by atoms with Gasteiger partial charge in [-0.2, -0.15) is 0 Å². The number of amides is 2. The first-order chi connectivity index (χ1) is 9.11. The van der Waals surface area contributed by atoms with Crippen LogP contribution in [0.15, 0.2) is 0 Å². The first-order valence-electron chi connectivity index (χ1n) is 6.43. The van der Waals surface area contributed by atoms with E-state index in [4.69, 9.17) is 14.6 Å². The molecule has 19 heavy (non-hydrogen) atoms. The van der Waals surface area contributed by atoms with E-state index >= 15 is 0 Å². The molecular formula is C12H24N2O5. The number of urea groups is 1. The van der Waals surface area contributed by atoms with Gasteiger partial charge in [-0.25, -0.2) is 4.79 Å². The number of hydrogen-bond donors (Lipinski definition) is 2. The predicted octanol–water partition coefficient (Wildman–Crippen LogP) is 0.546. The Morgan fingerprint density at radius 3 is 2.58 bits per heavy atom. The molecule has 0 rings (SSSR count). The van der Waals surface area contributed by atoms with Crippen LogP contribution < -0.4 is 5.32 Å². The van der Waals surface area contributed by atoms with Crippen molar-refractivity contribution >= 4 is 12.0 Å². The summed E-state index contributed by atoms with van der Waals surface area (Å²) in [5, 5.41) is 11.4. The molecule has 2 amide bonds.